The van der Waals surface area contributed by atoms with Crippen LogP contribution in [-0.2, 0) is 14.4 Å². The van der Waals surface area contributed by atoms with E-state index in [0.29, 0.717) is 4.91 Å². The van der Waals surface area contributed by atoms with Crippen molar-refractivity contribution < 1.29 is 19.5 Å². The van der Waals surface area contributed by atoms with Gasteiger partial charge in [0.15, 0.2) is 0 Å². The Kier molecular flexibility index (Phi) is 5.74. The summed E-state index contributed by atoms with van der Waals surface area (Å²) in [7, 11) is 0. The zero-order valence-electron chi connectivity index (χ0n) is 13.1. The molecule has 1 aliphatic rings. The quantitative estimate of drug-likeness (QED) is 0.612. The Hall–Kier alpha value is -2.19. The fourth-order valence-electron chi connectivity index (χ4n) is 1.94. The van der Waals surface area contributed by atoms with Gasteiger partial charge in [0.2, 0.25) is 5.91 Å². The fraction of sp³-hybridized carbons (Fsp3) is 0.250. The van der Waals surface area contributed by atoms with Gasteiger partial charge in [-0.1, -0.05) is 53.8 Å². The molecule has 0 aromatic heterocycles. The van der Waals surface area contributed by atoms with Crippen molar-refractivity contribution in [2.24, 2.45) is 0 Å². The third-order valence-electron chi connectivity index (χ3n) is 3.30. The minimum atomic E-state index is -1.15. The number of thioether (sulfide) groups is 1. The molecule has 1 aromatic rings. The van der Waals surface area contributed by atoms with Crippen molar-refractivity contribution in [3.8, 4) is 0 Å². The monoisotopic (exact) mass is 364 g/mol. The molecule has 8 heteroatoms. The van der Waals surface area contributed by atoms with Gasteiger partial charge in [-0.3, -0.25) is 19.3 Å². The lowest BCUT2D eigenvalue weighted by molar-refractivity contribution is -0.141. The first kappa shape index (κ1) is 18.2. The molecular weight excluding hydrogens is 348 g/mol. The number of amides is 2. The van der Waals surface area contributed by atoms with Crippen LogP contribution < -0.4 is 5.32 Å². The number of thiocarbonyl (C=S) groups is 1. The van der Waals surface area contributed by atoms with Crippen molar-refractivity contribution in [1.29, 1.82) is 0 Å². The lowest BCUT2D eigenvalue weighted by Crippen LogP contribution is -2.45. The molecule has 1 aromatic carbocycles. The van der Waals surface area contributed by atoms with E-state index in [1.54, 1.807) is 6.08 Å². The molecule has 0 unspecified atom stereocenters. The number of carbonyl (C=O) groups is 3. The first-order valence-electron chi connectivity index (χ1n) is 7.12. The maximum Gasteiger partial charge on any atom is 0.325 e. The highest BCUT2D eigenvalue weighted by molar-refractivity contribution is 8.26. The summed E-state index contributed by atoms with van der Waals surface area (Å²) in [5.74, 6) is -2.07. The molecule has 1 atom stereocenters. The van der Waals surface area contributed by atoms with E-state index in [0.717, 1.165) is 22.9 Å². The maximum absolute atomic E-state index is 12.4. The molecule has 0 spiro atoms. The summed E-state index contributed by atoms with van der Waals surface area (Å²) in [5, 5.41) is 11.1. The minimum absolute atomic E-state index is 0.275. The van der Waals surface area contributed by atoms with Crippen LogP contribution in [0.4, 0.5) is 0 Å². The average molecular weight is 364 g/mol. The van der Waals surface area contributed by atoms with Crippen LogP contribution in [0.15, 0.2) is 29.2 Å². The summed E-state index contributed by atoms with van der Waals surface area (Å²) in [5.41, 5.74) is 1.98. The molecule has 6 nitrogen and oxygen atoms in total. The lowest BCUT2D eigenvalue weighted by Gasteiger charge is -2.15. The predicted molar refractivity (Wildman–Crippen MR) is 96.3 cm³/mol. The molecule has 1 fully saturated rings. The Morgan fingerprint density at radius 2 is 2.00 bits per heavy atom. The van der Waals surface area contributed by atoms with E-state index < -0.39 is 17.9 Å². The molecule has 2 rings (SSSR count). The molecule has 1 aliphatic heterocycles. The molecule has 1 heterocycles. The zero-order valence-corrected chi connectivity index (χ0v) is 14.7. The molecule has 24 heavy (non-hydrogen) atoms. The first-order valence-corrected chi connectivity index (χ1v) is 8.34. The molecule has 0 aliphatic carbocycles. The van der Waals surface area contributed by atoms with Gasteiger partial charge in [-0.15, -0.1) is 0 Å². The number of carboxylic acid groups (broad SMARTS) is 1. The van der Waals surface area contributed by atoms with Crippen molar-refractivity contribution in [2.45, 2.75) is 19.9 Å². The number of rotatable bonds is 5. The predicted octanol–water partition coefficient (Wildman–Crippen LogP) is 1.79. The molecular formula is C16H16N2O4S2. The van der Waals surface area contributed by atoms with Crippen molar-refractivity contribution in [2.75, 3.05) is 6.54 Å². The Labute approximate surface area is 148 Å². The van der Waals surface area contributed by atoms with Crippen molar-refractivity contribution in [1.82, 2.24) is 10.2 Å². The Balaban J connectivity index is 2.07. The number of nitrogens with zero attached hydrogens (tertiary/aromatic N) is 1. The van der Waals surface area contributed by atoms with Crippen LogP contribution in [0.1, 0.15) is 18.1 Å². The van der Waals surface area contributed by atoms with E-state index in [1.165, 1.54) is 11.8 Å². The number of aryl methyl sites for hydroxylation is 1. The normalized spacial score (nSPS) is 17.2. The van der Waals surface area contributed by atoms with Gasteiger partial charge in [0.05, 0.1) is 4.91 Å². The van der Waals surface area contributed by atoms with Crippen molar-refractivity contribution in [3.63, 3.8) is 0 Å². The summed E-state index contributed by atoms with van der Waals surface area (Å²) in [6.45, 7) is 3.02. The fourth-order valence-corrected chi connectivity index (χ4v) is 3.20. The number of nitrogens with one attached hydrogen (secondary N) is 1. The number of carbonyl (C=O) groups excluding carboxylic acids is 2. The van der Waals surface area contributed by atoms with Crippen LogP contribution in [0.2, 0.25) is 0 Å². The van der Waals surface area contributed by atoms with Crippen LogP contribution in [-0.4, -0.2) is 44.7 Å². The van der Waals surface area contributed by atoms with Crippen molar-refractivity contribution in [3.05, 3.63) is 40.3 Å². The largest absolute Gasteiger partial charge is 0.480 e. The van der Waals surface area contributed by atoms with E-state index in [2.05, 4.69) is 5.32 Å². The number of hydrogen-bond acceptors (Lipinski definition) is 5. The highest BCUT2D eigenvalue weighted by Gasteiger charge is 2.33. The van der Waals surface area contributed by atoms with Crippen LogP contribution in [0.5, 0.6) is 0 Å². The van der Waals surface area contributed by atoms with Gasteiger partial charge >= 0.3 is 5.97 Å². The highest BCUT2D eigenvalue weighted by Crippen LogP contribution is 2.32. The Bertz CT molecular complexity index is 728. The average Bonchev–Trinajstić information content (AvgIpc) is 2.77. The summed E-state index contributed by atoms with van der Waals surface area (Å²) in [6.07, 6.45) is 1.72. The number of carboxylic acids is 1. The number of benzene rings is 1. The second kappa shape index (κ2) is 7.59. The molecule has 1 saturated heterocycles. The van der Waals surface area contributed by atoms with Crippen LogP contribution in [0.3, 0.4) is 0 Å². The van der Waals surface area contributed by atoms with Gasteiger partial charge in [0.25, 0.3) is 5.91 Å². The van der Waals surface area contributed by atoms with E-state index >= 15 is 0 Å². The third kappa shape index (κ3) is 4.42. The van der Waals surface area contributed by atoms with Crippen LogP contribution in [0, 0.1) is 6.92 Å². The SMILES string of the molecule is Cc1ccc(/C=C2\SC(=S)N(CC(=O)N[C@H](C)C(=O)O)C2=O)cc1. The molecule has 126 valence electrons. The second-order valence-electron chi connectivity index (χ2n) is 5.31. The molecule has 2 N–H and O–H groups in total. The van der Waals surface area contributed by atoms with Gasteiger partial charge in [0, 0.05) is 0 Å². The molecule has 0 saturated carbocycles. The third-order valence-corrected chi connectivity index (χ3v) is 4.68. The zero-order chi connectivity index (χ0) is 17.9. The van der Waals surface area contributed by atoms with Gasteiger partial charge in [0.1, 0.15) is 16.9 Å². The Morgan fingerprint density at radius 1 is 1.38 bits per heavy atom. The van der Waals surface area contributed by atoms with Crippen LogP contribution in [0.25, 0.3) is 6.08 Å². The van der Waals surface area contributed by atoms with Gasteiger partial charge in [-0.25, -0.2) is 0 Å². The summed E-state index contributed by atoms with van der Waals surface area (Å²) < 4.78 is 0.275. The maximum atomic E-state index is 12.4. The molecule has 0 bridgehead atoms. The van der Waals surface area contributed by atoms with Crippen molar-refractivity contribution >= 4 is 52.2 Å². The molecule has 0 radical (unpaired) electrons. The summed E-state index contributed by atoms with van der Waals surface area (Å²) in [6, 6.07) is 6.63. The van der Waals surface area contributed by atoms with E-state index in [9.17, 15) is 14.4 Å². The first-order chi connectivity index (χ1) is 11.3. The standard InChI is InChI=1S/C16H16N2O4S2/c1-9-3-5-11(6-4-9)7-12-14(20)18(16(23)24-12)8-13(19)17-10(2)15(21)22/h3-7,10H,8H2,1-2H3,(H,17,19)(H,21,22)/b12-7-/t10-/m1/s1. The Morgan fingerprint density at radius 3 is 2.58 bits per heavy atom. The lowest BCUT2D eigenvalue weighted by atomic mass is 10.1. The van der Waals surface area contributed by atoms with Gasteiger partial charge in [-0.05, 0) is 25.5 Å². The van der Waals surface area contributed by atoms with E-state index in [4.69, 9.17) is 17.3 Å². The van der Waals surface area contributed by atoms with Gasteiger partial charge in [-0.2, -0.15) is 0 Å². The van der Waals surface area contributed by atoms with Gasteiger partial charge < -0.3 is 10.4 Å². The number of aliphatic carboxylic acids is 1. The highest BCUT2D eigenvalue weighted by atomic mass is 32.2. The topological polar surface area (TPSA) is 86.7 Å². The second-order valence-corrected chi connectivity index (χ2v) is 6.98. The number of hydrogen-bond donors (Lipinski definition) is 2. The molecule has 2 amide bonds. The summed E-state index contributed by atoms with van der Waals surface area (Å²) in [4.78, 5) is 36.6. The summed E-state index contributed by atoms with van der Waals surface area (Å²) >= 11 is 6.27. The van der Waals surface area contributed by atoms with Crippen LogP contribution >= 0.6 is 24.0 Å². The smallest absolute Gasteiger partial charge is 0.325 e. The van der Waals surface area contributed by atoms with E-state index in [1.807, 2.05) is 31.2 Å². The minimum Gasteiger partial charge on any atom is -0.480 e. The van der Waals surface area contributed by atoms with E-state index in [-0.39, 0.29) is 16.8 Å².